The molecule has 3 aromatic rings. The molecule has 6 heteroatoms. The number of fused-ring (bicyclic) bond motifs is 2. The zero-order chi connectivity index (χ0) is 17.6. The molecule has 128 valence electrons. The first-order chi connectivity index (χ1) is 11.9. The van der Waals surface area contributed by atoms with Crippen molar-refractivity contribution in [3.63, 3.8) is 0 Å². The molecule has 2 atom stereocenters. The number of rotatable bonds is 2. The minimum atomic E-state index is -4.40. The fourth-order valence-electron chi connectivity index (χ4n) is 3.37. The highest BCUT2D eigenvalue weighted by Crippen LogP contribution is 2.37. The van der Waals surface area contributed by atoms with Crippen LogP contribution in [-0.4, -0.2) is 16.2 Å². The van der Waals surface area contributed by atoms with Crippen molar-refractivity contribution in [1.82, 2.24) is 4.98 Å². The Balaban J connectivity index is 1.73. The Kier molecular flexibility index (Phi) is 3.65. The van der Waals surface area contributed by atoms with Gasteiger partial charge in [-0.2, -0.15) is 13.2 Å². The molecule has 0 amide bonds. The number of halogens is 3. The number of nitrogens with zero attached hydrogens (tertiary/aromatic N) is 1. The Hall–Kier alpha value is -2.60. The number of anilines is 1. The minimum Gasteiger partial charge on any atom is -0.390 e. The van der Waals surface area contributed by atoms with E-state index >= 15 is 0 Å². The third-order valence-electron chi connectivity index (χ3n) is 4.59. The van der Waals surface area contributed by atoms with E-state index in [2.05, 4.69) is 10.3 Å². The molecule has 0 fully saturated rings. The van der Waals surface area contributed by atoms with Gasteiger partial charge in [-0.3, -0.25) is 4.98 Å². The maximum absolute atomic E-state index is 12.9. The predicted molar refractivity (Wildman–Crippen MR) is 89.3 cm³/mol. The highest BCUT2D eigenvalue weighted by Gasteiger charge is 2.32. The summed E-state index contributed by atoms with van der Waals surface area (Å²) in [5.41, 5.74) is 2.27. The van der Waals surface area contributed by atoms with Crippen LogP contribution in [-0.2, 0) is 12.6 Å². The molecule has 1 aliphatic rings. The van der Waals surface area contributed by atoms with E-state index in [1.807, 2.05) is 24.3 Å². The number of benzene rings is 2. The lowest BCUT2D eigenvalue weighted by atomic mass is 10.1. The lowest BCUT2D eigenvalue weighted by Gasteiger charge is -2.20. The Morgan fingerprint density at radius 1 is 1.08 bits per heavy atom. The van der Waals surface area contributed by atoms with Crippen molar-refractivity contribution in [3.05, 3.63) is 71.4 Å². The molecule has 0 unspecified atom stereocenters. The maximum Gasteiger partial charge on any atom is 0.416 e. The van der Waals surface area contributed by atoms with Gasteiger partial charge in [-0.25, -0.2) is 0 Å². The molecule has 0 radical (unpaired) electrons. The molecule has 2 N–H and O–H groups in total. The average Bonchev–Trinajstić information content (AvgIpc) is 2.90. The van der Waals surface area contributed by atoms with Crippen LogP contribution in [0.4, 0.5) is 18.9 Å². The quantitative estimate of drug-likeness (QED) is 0.728. The van der Waals surface area contributed by atoms with Crippen molar-refractivity contribution in [3.8, 4) is 0 Å². The molecule has 4 rings (SSSR count). The van der Waals surface area contributed by atoms with E-state index in [1.54, 1.807) is 6.07 Å². The first kappa shape index (κ1) is 15.9. The van der Waals surface area contributed by atoms with Gasteiger partial charge in [0.25, 0.3) is 0 Å². The first-order valence-electron chi connectivity index (χ1n) is 7.92. The van der Waals surface area contributed by atoms with Crippen LogP contribution in [0, 0.1) is 0 Å². The summed E-state index contributed by atoms with van der Waals surface area (Å²) in [4.78, 5) is 4.05. The van der Waals surface area contributed by atoms with E-state index in [1.165, 1.54) is 12.3 Å². The van der Waals surface area contributed by atoms with Gasteiger partial charge < -0.3 is 10.4 Å². The molecular weight excluding hydrogens is 329 g/mol. The molecule has 1 aromatic heterocycles. The first-order valence-corrected chi connectivity index (χ1v) is 7.92. The normalized spacial score (nSPS) is 19.8. The number of nitrogens with one attached hydrogen (secondary N) is 1. The summed E-state index contributed by atoms with van der Waals surface area (Å²) in [6.07, 6.45) is -2.97. The minimum absolute atomic E-state index is 0.264. The fraction of sp³-hybridized carbons (Fsp3) is 0.211. The van der Waals surface area contributed by atoms with Gasteiger partial charge in [-0.15, -0.1) is 0 Å². The summed E-state index contributed by atoms with van der Waals surface area (Å²) in [7, 11) is 0. The average molecular weight is 344 g/mol. The van der Waals surface area contributed by atoms with Crippen molar-refractivity contribution < 1.29 is 18.3 Å². The van der Waals surface area contributed by atoms with Gasteiger partial charge in [0.1, 0.15) is 0 Å². The van der Waals surface area contributed by atoms with Gasteiger partial charge in [-0.05, 0) is 29.3 Å². The summed E-state index contributed by atoms with van der Waals surface area (Å²) >= 11 is 0. The van der Waals surface area contributed by atoms with Crippen LogP contribution in [0.25, 0.3) is 10.9 Å². The van der Waals surface area contributed by atoms with E-state index in [0.29, 0.717) is 17.5 Å². The van der Waals surface area contributed by atoms with Gasteiger partial charge in [0.2, 0.25) is 0 Å². The third-order valence-corrected chi connectivity index (χ3v) is 4.59. The second-order valence-electron chi connectivity index (χ2n) is 6.18. The number of aliphatic hydroxyl groups excluding tert-OH is 1. The number of alkyl halides is 3. The smallest absolute Gasteiger partial charge is 0.390 e. The molecule has 0 saturated carbocycles. The van der Waals surface area contributed by atoms with Gasteiger partial charge in [-0.1, -0.05) is 30.3 Å². The highest BCUT2D eigenvalue weighted by atomic mass is 19.4. The summed E-state index contributed by atoms with van der Waals surface area (Å²) in [6, 6.07) is 12.7. The van der Waals surface area contributed by atoms with E-state index < -0.39 is 17.8 Å². The monoisotopic (exact) mass is 344 g/mol. The summed E-state index contributed by atoms with van der Waals surface area (Å²) in [5.74, 6) is 0. The van der Waals surface area contributed by atoms with Crippen LogP contribution in [0.5, 0.6) is 0 Å². The van der Waals surface area contributed by atoms with E-state index in [4.69, 9.17) is 0 Å². The Labute approximate surface area is 142 Å². The number of hydrogen-bond acceptors (Lipinski definition) is 3. The lowest BCUT2D eigenvalue weighted by Crippen LogP contribution is -2.21. The second-order valence-corrected chi connectivity index (χ2v) is 6.18. The van der Waals surface area contributed by atoms with Gasteiger partial charge in [0.05, 0.1) is 23.2 Å². The van der Waals surface area contributed by atoms with Gasteiger partial charge >= 0.3 is 6.18 Å². The Bertz CT molecular complexity index is 939. The standard InChI is InChI=1S/C19H15F3N2O/c20-19(21,22)12-5-6-14-15(7-8-23-16(14)10-12)24-18-13-4-2-1-3-11(13)9-17(18)25/h1-8,10,17-18,25H,9H2,(H,23,24)/t17-,18+/m0/s1. The molecule has 1 heterocycles. The van der Waals surface area contributed by atoms with Crippen molar-refractivity contribution in [2.24, 2.45) is 0 Å². The van der Waals surface area contributed by atoms with Crippen LogP contribution in [0.3, 0.4) is 0 Å². The van der Waals surface area contributed by atoms with Crippen LogP contribution in [0.2, 0.25) is 0 Å². The van der Waals surface area contributed by atoms with Crippen LogP contribution < -0.4 is 5.32 Å². The zero-order valence-corrected chi connectivity index (χ0v) is 13.1. The molecule has 2 aromatic carbocycles. The topological polar surface area (TPSA) is 45.1 Å². The SMILES string of the molecule is O[C@H]1Cc2ccccc2[C@H]1Nc1ccnc2cc(C(F)(F)F)ccc12. The van der Waals surface area contributed by atoms with Crippen molar-refractivity contribution in [2.45, 2.75) is 24.7 Å². The second kappa shape index (κ2) is 5.74. The van der Waals surface area contributed by atoms with Crippen molar-refractivity contribution >= 4 is 16.6 Å². The predicted octanol–water partition coefficient (Wildman–Crippen LogP) is 4.32. The Morgan fingerprint density at radius 3 is 2.68 bits per heavy atom. The third kappa shape index (κ3) is 2.82. The lowest BCUT2D eigenvalue weighted by molar-refractivity contribution is -0.137. The molecule has 0 saturated heterocycles. The van der Waals surface area contributed by atoms with Gasteiger partial charge in [0.15, 0.2) is 0 Å². The van der Waals surface area contributed by atoms with E-state index in [9.17, 15) is 18.3 Å². The molecule has 1 aliphatic carbocycles. The highest BCUT2D eigenvalue weighted by molar-refractivity contribution is 5.91. The molecule has 3 nitrogen and oxygen atoms in total. The zero-order valence-electron chi connectivity index (χ0n) is 13.1. The summed E-state index contributed by atoms with van der Waals surface area (Å²) in [6.45, 7) is 0. The molecular formula is C19H15F3N2O. The number of aromatic nitrogens is 1. The van der Waals surface area contributed by atoms with Crippen LogP contribution in [0.1, 0.15) is 22.7 Å². The Morgan fingerprint density at radius 2 is 1.88 bits per heavy atom. The molecule has 0 spiro atoms. The van der Waals surface area contributed by atoms with E-state index in [-0.39, 0.29) is 11.6 Å². The number of pyridine rings is 1. The van der Waals surface area contributed by atoms with Crippen molar-refractivity contribution in [1.29, 1.82) is 0 Å². The maximum atomic E-state index is 12.9. The summed E-state index contributed by atoms with van der Waals surface area (Å²) in [5, 5.41) is 14.2. The number of hydrogen-bond donors (Lipinski definition) is 2. The van der Waals surface area contributed by atoms with Crippen LogP contribution in [0.15, 0.2) is 54.7 Å². The van der Waals surface area contributed by atoms with Crippen LogP contribution >= 0.6 is 0 Å². The summed E-state index contributed by atoms with van der Waals surface area (Å²) < 4.78 is 38.7. The van der Waals surface area contributed by atoms with Crippen molar-refractivity contribution in [2.75, 3.05) is 5.32 Å². The fourth-order valence-corrected chi connectivity index (χ4v) is 3.37. The van der Waals surface area contributed by atoms with Gasteiger partial charge in [0, 0.05) is 23.7 Å². The molecule has 0 bridgehead atoms. The molecule has 0 aliphatic heterocycles. The van der Waals surface area contributed by atoms with E-state index in [0.717, 1.165) is 23.3 Å². The largest absolute Gasteiger partial charge is 0.416 e. The number of aliphatic hydroxyl groups is 1. The molecule has 25 heavy (non-hydrogen) atoms.